The van der Waals surface area contributed by atoms with Crippen LogP contribution in [0.5, 0.6) is 0 Å². The Hall–Kier alpha value is -2.88. The van der Waals surface area contributed by atoms with Crippen molar-refractivity contribution in [1.29, 1.82) is 0 Å². The highest BCUT2D eigenvalue weighted by Crippen LogP contribution is 2.63. The Labute approximate surface area is 137 Å². The van der Waals surface area contributed by atoms with E-state index in [-0.39, 0.29) is 11.8 Å². The third-order valence-electron chi connectivity index (χ3n) is 5.73. The summed E-state index contributed by atoms with van der Waals surface area (Å²) in [7, 11) is 0. The number of carbonyl (C=O) groups is 4. The van der Waals surface area contributed by atoms with Gasteiger partial charge in [0.2, 0.25) is 23.1 Å². The molecule has 0 N–H and O–H groups in total. The number of rotatable bonds is 0. The summed E-state index contributed by atoms with van der Waals surface area (Å²) >= 11 is 0. The van der Waals surface area contributed by atoms with Crippen molar-refractivity contribution in [3.05, 3.63) is 70.8 Å². The molecule has 2 aromatic rings. The standard InChI is InChI=1S/C20H12O4/c21-17-11-7-3-1-5-9(11)13-14-10-6-2-4-8-12(10)18(22)20(24)16(14)15(13)19(17)23/h1-8,13-16H/t13-,14-,15-,16-/m0/s1. The SMILES string of the molecule is O=C1C(=O)[C@@H]2[C@H]3C(=O)C(=O)c4ccccc4[C@H]3[C@@H]2c2ccccc21. The highest BCUT2D eigenvalue weighted by atomic mass is 16.2. The summed E-state index contributed by atoms with van der Waals surface area (Å²) in [4.78, 5) is 49.8. The zero-order chi connectivity index (χ0) is 16.6. The zero-order valence-electron chi connectivity index (χ0n) is 12.6. The normalized spacial score (nSPS) is 30.0. The van der Waals surface area contributed by atoms with Crippen molar-refractivity contribution >= 4 is 23.1 Å². The molecule has 3 aliphatic carbocycles. The van der Waals surface area contributed by atoms with Crippen LogP contribution in [0, 0.1) is 11.8 Å². The summed E-state index contributed by atoms with van der Waals surface area (Å²) in [6.07, 6.45) is 0. The smallest absolute Gasteiger partial charge is 0.229 e. The minimum absolute atomic E-state index is 0.199. The van der Waals surface area contributed by atoms with E-state index in [2.05, 4.69) is 0 Å². The molecular formula is C20H12O4. The van der Waals surface area contributed by atoms with Gasteiger partial charge in [-0.2, -0.15) is 0 Å². The Morgan fingerprint density at radius 3 is 1.29 bits per heavy atom. The summed E-state index contributed by atoms with van der Waals surface area (Å²) in [6.45, 7) is 0. The molecule has 4 nitrogen and oxygen atoms in total. The summed E-state index contributed by atoms with van der Waals surface area (Å²) in [5.74, 6) is -3.91. The maximum atomic E-state index is 12.6. The minimum Gasteiger partial charge on any atom is -0.290 e. The van der Waals surface area contributed by atoms with Gasteiger partial charge in [0.1, 0.15) is 0 Å². The summed E-state index contributed by atoms with van der Waals surface area (Å²) in [5.41, 5.74) is 2.52. The van der Waals surface area contributed by atoms with E-state index < -0.39 is 35.0 Å². The Kier molecular flexibility index (Phi) is 2.46. The van der Waals surface area contributed by atoms with Crippen LogP contribution in [0.4, 0.5) is 0 Å². The minimum atomic E-state index is -0.692. The fourth-order valence-electron chi connectivity index (χ4n) is 4.73. The van der Waals surface area contributed by atoms with Crippen LogP contribution in [0.2, 0.25) is 0 Å². The van der Waals surface area contributed by atoms with Crippen LogP contribution in [-0.2, 0) is 9.59 Å². The highest BCUT2D eigenvalue weighted by molar-refractivity contribution is 6.50. The fourth-order valence-corrected chi connectivity index (χ4v) is 4.73. The van der Waals surface area contributed by atoms with Gasteiger partial charge < -0.3 is 0 Å². The molecule has 4 atom stereocenters. The molecule has 0 aromatic heterocycles. The molecule has 116 valence electrons. The Bertz CT molecular complexity index is 892. The lowest BCUT2D eigenvalue weighted by Crippen LogP contribution is -2.58. The third-order valence-corrected chi connectivity index (χ3v) is 5.73. The first-order valence-electron chi connectivity index (χ1n) is 7.96. The number of hydrogen-bond acceptors (Lipinski definition) is 4. The highest BCUT2D eigenvalue weighted by Gasteiger charge is 2.64. The van der Waals surface area contributed by atoms with E-state index in [1.165, 1.54) is 0 Å². The molecule has 0 radical (unpaired) electrons. The molecule has 0 heterocycles. The van der Waals surface area contributed by atoms with E-state index in [9.17, 15) is 19.2 Å². The number of ketones is 4. The maximum Gasteiger partial charge on any atom is 0.229 e. The summed E-state index contributed by atoms with van der Waals surface area (Å²) in [5, 5.41) is 0. The first-order valence-corrected chi connectivity index (χ1v) is 7.96. The number of benzene rings is 2. The average molecular weight is 316 g/mol. The molecule has 0 spiro atoms. The first-order chi connectivity index (χ1) is 11.6. The largest absolute Gasteiger partial charge is 0.290 e. The van der Waals surface area contributed by atoms with Crippen molar-refractivity contribution in [3.63, 3.8) is 0 Å². The molecule has 0 amide bonds. The lowest BCUT2D eigenvalue weighted by Gasteiger charge is -2.54. The molecule has 3 aliphatic rings. The molecule has 0 bridgehead atoms. The predicted molar refractivity (Wildman–Crippen MR) is 84.0 cm³/mol. The van der Waals surface area contributed by atoms with Gasteiger partial charge >= 0.3 is 0 Å². The van der Waals surface area contributed by atoms with Gasteiger partial charge in [-0.25, -0.2) is 0 Å². The van der Waals surface area contributed by atoms with Crippen LogP contribution < -0.4 is 0 Å². The number of fused-ring (bicyclic) bond motifs is 8. The first kappa shape index (κ1) is 13.5. The van der Waals surface area contributed by atoms with Gasteiger partial charge in [-0.15, -0.1) is 0 Å². The number of Topliss-reactive ketones (excluding diaryl/α,β-unsaturated/α-hetero) is 4. The van der Waals surface area contributed by atoms with Crippen molar-refractivity contribution in [2.24, 2.45) is 11.8 Å². The second-order valence-corrected chi connectivity index (χ2v) is 6.66. The second kappa shape index (κ2) is 4.35. The van der Waals surface area contributed by atoms with E-state index in [0.717, 1.165) is 11.1 Å². The van der Waals surface area contributed by atoms with E-state index >= 15 is 0 Å². The topological polar surface area (TPSA) is 68.3 Å². The van der Waals surface area contributed by atoms with Crippen LogP contribution in [0.3, 0.4) is 0 Å². The van der Waals surface area contributed by atoms with Crippen molar-refractivity contribution in [3.8, 4) is 0 Å². The van der Waals surface area contributed by atoms with Crippen molar-refractivity contribution in [2.75, 3.05) is 0 Å². The van der Waals surface area contributed by atoms with Crippen molar-refractivity contribution in [1.82, 2.24) is 0 Å². The summed E-state index contributed by atoms with van der Waals surface area (Å²) in [6, 6.07) is 14.2. The van der Waals surface area contributed by atoms with Crippen LogP contribution in [-0.4, -0.2) is 23.1 Å². The van der Waals surface area contributed by atoms with Gasteiger partial charge in [0, 0.05) is 34.8 Å². The van der Waals surface area contributed by atoms with Crippen molar-refractivity contribution < 1.29 is 19.2 Å². The van der Waals surface area contributed by atoms with Crippen molar-refractivity contribution in [2.45, 2.75) is 11.8 Å². The zero-order valence-corrected chi connectivity index (χ0v) is 12.6. The van der Waals surface area contributed by atoms with Gasteiger partial charge in [0.15, 0.2) is 0 Å². The Morgan fingerprint density at radius 2 is 0.875 bits per heavy atom. The molecule has 4 heteroatoms. The van der Waals surface area contributed by atoms with E-state index in [1.807, 2.05) is 24.3 Å². The molecule has 1 fully saturated rings. The lowest BCUT2D eigenvalue weighted by atomic mass is 9.45. The summed E-state index contributed by atoms with van der Waals surface area (Å²) < 4.78 is 0. The molecule has 0 saturated heterocycles. The quantitative estimate of drug-likeness (QED) is 0.700. The average Bonchev–Trinajstić information content (AvgIpc) is 2.58. The number of hydrogen-bond donors (Lipinski definition) is 0. The molecule has 5 rings (SSSR count). The van der Waals surface area contributed by atoms with Gasteiger partial charge in [-0.3, -0.25) is 19.2 Å². The fraction of sp³-hybridized carbons (Fsp3) is 0.200. The van der Waals surface area contributed by atoms with Crippen LogP contribution in [0.25, 0.3) is 0 Å². The predicted octanol–water partition coefficient (Wildman–Crippen LogP) is 2.33. The number of carbonyl (C=O) groups excluding carboxylic acids is 4. The Morgan fingerprint density at radius 1 is 0.500 bits per heavy atom. The van der Waals surface area contributed by atoms with Gasteiger partial charge in [-0.05, 0) is 11.1 Å². The molecule has 2 aromatic carbocycles. The van der Waals surface area contributed by atoms with E-state index in [1.54, 1.807) is 24.3 Å². The van der Waals surface area contributed by atoms with E-state index in [4.69, 9.17) is 0 Å². The van der Waals surface area contributed by atoms with E-state index in [0.29, 0.717) is 11.1 Å². The monoisotopic (exact) mass is 316 g/mol. The Balaban J connectivity index is 1.76. The molecule has 0 aliphatic heterocycles. The van der Waals surface area contributed by atoms with Crippen LogP contribution in [0.15, 0.2) is 48.5 Å². The second-order valence-electron chi connectivity index (χ2n) is 6.66. The molecule has 1 saturated carbocycles. The lowest BCUT2D eigenvalue weighted by molar-refractivity contribution is -0.137. The maximum absolute atomic E-state index is 12.6. The third kappa shape index (κ3) is 1.39. The molecular weight excluding hydrogens is 304 g/mol. The van der Waals surface area contributed by atoms with Crippen LogP contribution in [0.1, 0.15) is 43.7 Å². The van der Waals surface area contributed by atoms with Crippen LogP contribution >= 0.6 is 0 Å². The van der Waals surface area contributed by atoms with Gasteiger partial charge in [0.05, 0.1) is 0 Å². The van der Waals surface area contributed by atoms with Gasteiger partial charge in [-0.1, -0.05) is 48.5 Å². The van der Waals surface area contributed by atoms with Gasteiger partial charge in [0.25, 0.3) is 0 Å². The molecule has 24 heavy (non-hydrogen) atoms. The molecule has 0 unspecified atom stereocenters.